The molecule has 0 saturated carbocycles. The van der Waals surface area contributed by atoms with E-state index in [9.17, 15) is 24.5 Å². The standard InChI is InChI=1S/C16H15N3O7S/c20-14(21)9-18-15(22)13(27-16(18)23)8-10-7-11(19(24)25)1-2-12(10)17-3-5-26-6-4-17/h1-2,7-8H,3-6,9H2,(H,20,21)/b13-8-. The van der Waals surface area contributed by atoms with Gasteiger partial charge in [0.25, 0.3) is 16.8 Å². The molecule has 0 aliphatic carbocycles. The highest BCUT2D eigenvalue weighted by molar-refractivity contribution is 8.18. The topological polar surface area (TPSA) is 130 Å². The number of benzene rings is 1. The number of morpholine rings is 1. The van der Waals surface area contributed by atoms with Crippen LogP contribution in [0.2, 0.25) is 0 Å². The van der Waals surface area contributed by atoms with Crippen LogP contribution in [-0.2, 0) is 14.3 Å². The lowest BCUT2D eigenvalue weighted by Gasteiger charge is -2.30. The predicted molar refractivity (Wildman–Crippen MR) is 96.4 cm³/mol. The van der Waals surface area contributed by atoms with Gasteiger partial charge in [-0.1, -0.05) is 0 Å². The molecule has 2 amide bonds. The second-order valence-corrected chi connectivity index (χ2v) is 6.75. The number of carboxylic acid groups (broad SMARTS) is 1. The van der Waals surface area contributed by atoms with Crippen LogP contribution in [0.4, 0.5) is 16.2 Å². The van der Waals surface area contributed by atoms with Gasteiger partial charge < -0.3 is 14.7 Å². The molecule has 0 bridgehead atoms. The summed E-state index contributed by atoms with van der Waals surface area (Å²) in [7, 11) is 0. The zero-order valence-corrected chi connectivity index (χ0v) is 14.8. The van der Waals surface area contributed by atoms with Gasteiger partial charge in [0.2, 0.25) is 0 Å². The molecular weight excluding hydrogens is 378 g/mol. The van der Waals surface area contributed by atoms with Crippen molar-refractivity contribution in [1.29, 1.82) is 0 Å². The van der Waals surface area contributed by atoms with Crippen molar-refractivity contribution >= 4 is 46.3 Å². The molecule has 3 rings (SSSR count). The van der Waals surface area contributed by atoms with Crippen molar-refractivity contribution < 1.29 is 29.2 Å². The number of carbonyl (C=O) groups excluding carboxylic acids is 2. The summed E-state index contributed by atoms with van der Waals surface area (Å²) in [6.45, 7) is 1.45. The number of nitrogens with zero attached hydrogens (tertiary/aromatic N) is 3. The van der Waals surface area contributed by atoms with Crippen LogP contribution in [0.1, 0.15) is 5.56 Å². The van der Waals surface area contributed by atoms with Crippen molar-refractivity contribution in [3.63, 3.8) is 0 Å². The van der Waals surface area contributed by atoms with E-state index < -0.39 is 28.6 Å². The Kier molecular flexibility index (Phi) is 5.42. The van der Waals surface area contributed by atoms with Gasteiger partial charge in [-0.15, -0.1) is 0 Å². The molecule has 2 fully saturated rings. The Labute approximate surface area is 157 Å². The first-order chi connectivity index (χ1) is 12.9. The summed E-state index contributed by atoms with van der Waals surface area (Å²) in [5, 5.41) is 19.3. The molecule has 11 heteroatoms. The first-order valence-electron chi connectivity index (χ1n) is 7.95. The number of thioether (sulfide) groups is 1. The molecule has 2 heterocycles. The highest BCUT2D eigenvalue weighted by Gasteiger charge is 2.36. The smallest absolute Gasteiger partial charge is 0.323 e. The fraction of sp³-hybridized carbons (Fsp3) is 0.312. The van der Waals surface area contributed by atoms with Crippen LogP contribution in [-0.4, -0.2) is 64.9 Å². The van der Waals surface area contributed by atoms with E-state index in [-0.39, 0.29) is 10.6 Å². The van der Waals surface area contributed by atoms with E-state index in [0.29, 0.717) is 54.2 Å². The molecular formula is C16H15N3O7S. The average molecular weight is 393 g/mol. The minimum atomic E-state index is -1.30. The average Bonchev–Trinajstić information content (AvgIpc) is 2.89. The monoisotopic (exact) mass is 393 g/mol. The molecule has 10 nitrogen and oxygen atoms in total. The number of anilines is 1. The third kappa shape index (κ3) is 4.09. The van der Waals surface area contributed by atoms with Crippen LogP contribution in [0, 0.1) is 10.1 Å². The Morgan fingerprint density at radius 2 is 2.04 bits per heavy atom. The summed E-state index contributed by atoms with van der Waals surface area (Å²) >= 11 is 0.610. The fourth-order valence-corrected chi connectivity index (χ4v) is 3.61. The number of hydrogen-bond donors (Lipinski definition) is 1. The number of ether oxygens (including phenoxy) is 1. The maximum Gasteiger partial charge on any atom is 0.323 e. The van der Waals surface area contributed by atoms with Crippen molar-refractivity contribution in [1.82, 2.24) is 4.90 Å². The third-order valence-corrected chi connectivity index (χ3v) is 4.93. The summed E-state index contributed by atoms with van der Waals surface area (Å²) in [5.74, 6) is -2.03. The van der Waals surface area contributed by atoms with Crippen molar-refractivity contribution in [3.8, 4) is 0 Å². The Bertz CT molecular complexity index is 848. The van der Waals surface area contributed by atoms with E-state index in [1.807, 2.05) is 4.90 Å². The molecule has 2 saturated heterocycles. The molecule has 27 heavy (non-hydrogen) atoms. The Balaban J connectivity index is 1.98. The molecule has 1 aromatic rings. The molecule has 0 aromatic heterocycles. The largest absolute Gasteiger partial charge is 0.480 e. The van der Waals surface area contributed by atoms with Gasteiger partial charge in [-0.3, -0.25) is 29.4 Å². The summed E-state index contributed by atoms with van der Waals surface area (Å²) in [6.07, 6.45) is 1.39. The number of carboxylic acids is 1. The SMILES string of the molecule is O=C(O)CN1C(=O)S/C(=C\c2cc([N+](=O)[O-])ccc2N2CCOCC2)C1=O. The molecule has 0 spiro atoms. The van der Waals surface area contributed by atoms with Gasteiger partial charge in [0.15, 0.2) is 0 Å². The van der Waals surface area contributed by atoms with E-state index in [0.717, 1.165) is 0 Å². The number of imide groups is 1. The van der Waals surface area contributed by atoms with Gasteiger partial charge in [-0.25, -0.2) is 0 Å². The van der Waals surface area contributed by atoms with Crippen LogP contribution in [0.3, 0.4) is 0 Å². The Morgan fingerprint density at radius 1 is 1.33 bits per heavy atom. The van der Waals surface area contributed by atoms with Crippen molar-refractivity contribution in [2.75, 3.05) is 37.7 Å². The molecule has 1 aromatic carbocycles. The zero-order valence-electron chi connectivity index (χ0n) is 14.0. The normalized spacial score (nSPS) is 19.0. The number of non-ortho nitro benzene ring substituents is 1. The number of hydrogen-bond acceptors (Lipinski definition) is 8. The number of nitro groups is 1. The molecule has 2 aliphatic rings. The second-order valence-electron chi connectivity index (χ2n) is 5.76. The van der Waals surface area contributed by atoms with Crippen LogP contribution in [0.15, 0.2) is 23.1 Å². The van der Waals surface area contributed by atoms with Crippen molar-refractivity contribution in [2.24, 2.45) is 0 Å². The minimum absolute atomic E-state index is 0.0243. The van der Waals surface area contributed by atoms with E-state index in [2.05, 4.69) is 0 Å². The van der Waals surface area contributed by atoms with Gasteiger partial charge in [0.1, 0.15) is 6.54 Å². The van der Waals surface area contributed by atoms with E-state index in [1.54, 1.807) is 6.07 Å². The molecule has 0 unspecified atom stereocenters. The maximum atomic E-state index is 12.3. The van der Waals surface area contributed by atoms with Gasteiger partial charge in [-0.2, -0.15) is 0 Å². The fourth-order valence-electron chi connectivity index (χ4n) is 2.78. The number of nitro benzene ring substituents is 1. The lowest BCUT2D eigenvalue weighted by molar-refractivity contribution is -0.384. The summed E-state index contributed by atoms with van der Waals surface area (Å²) in [4.78, 5) is 48.3. The highest BCUT2D eigenvalue weighted by atomic mass is 32.2. The number of rotatable bonds is 5. The number of aliphatic carboxylic acids is 1. The lowest BCUT2D eigenvalue weighted by Crippen LogP contribution is -2.36. The quantitative estimate of drug-likeness (QED) is 0.450. The molecule has 0 atom stereocenters. The van der Waals surface area contributed by atoms with Crippen LogP contribution >= 0.6 is 11.8 Å². The Hall–Kier alpha value is -2.92. The lowest BCUT2D eigenvalue weighted by atomic mass is 10.1. The third-order valence-electron chi connectivity index (χ3n) is 4.03. The van der Waals surface area contributed by atoms with E-state index in [1.165, 1.54) is 18.2 Å². The van der Waals surface area contributed by atoms with Crippen molar-refractivity contribution in [3.05, 3.63) is 38.8 Å². The van der Waals surface area contributed by atoms with Crippen LogP contribution in [0.25, 0.3) is 6.08 Å². The van der Waals surface area contributed by atoms with Gasteiger partial charge in [-0.05, 0) is 23.9 Å². The second kappa shape index (κ2) is 7.76. The zero-order chi connectivity index (χ0) is 19.6. The predicted octanol–water partition coefficient (Wildman–Crippen LogP) is 1.55. The van der Waals surface area contributed by atoms with Gasteiger partial charge in [0.05, 0.1) is 23.0 Å². The van der Waals surface area contributed by atoms with E-state index >= 15 is 0 Å². The first-order valence-corrected chi connectivity index (χ1v) is 8.77. The van der Waals surface area contributed by atoms with E-state index in [4.69, 9.17) is 9.84 Å². The number of carbonyl (C=O) groups is 3. The van der Waals surface area contributed by atoms with Crippen LogP contribution < -0.4 is 4.90 Å². The van der Waals surface area contributed by atoms with Crippen molar-refractivity contribution in [2.45, 2.75) is 0 Å². The summed E-state index contributed by atoms with van der Waals surface area (Å²) in [6, 6.07) is 4.30. The molecule has 1 N–H and O–H groups in total. The molecule has 2 aliphatic heterocycles. The molecule has 0 radical (unpaired) electrons. The van der Waals surface area contributed by atoms with Crippen LogP contribution in [0.5, 0.6) is 0 Å². The minimum Gasteiger partial charge on any atom is -0.480 e. The maximum absolute atomic E-state index is 12.3. The Morgan fingerprint density at radius 3 is 2.67 bits per heavy atom. The summed E-state index contributed by atoms with van der Waals surface area (Å²) in [5.41, 5.74) is 0.934. The first kappa shape index (κ1) is 18.9. The number of amides is 2. The highest BCUT2D eigenvalue weighted by Crippen LogP contribution is 2.35. The van der Waals surface area contributed by atoms with Gasteiger partial charge >= 0.3 is 5.97 Å². The van der Waals surface area contributed by atoms with Gasteiger partial charge in [0, 0.05) is 36.5 Å². The summed E-state index contributed by atoms with van der Waals surface area (Å²) < 4.78 is 5.31. The molecule has 142 valence electrons.